The highest BCUT2D eigenvalue weighted by atomic mass is 16.2. The van der Waals surface area contributed by atoms with Crippen LogP contribution in [0.25, 0.3) is 0 Å². The molecule has 2 aliphatic rings. The van der Waals surface area contributed by atoms with Crippen LogP contribution in [0, 0.1) is 0 Å². The van der Waals surface area contributed by atoms with Gasteiger partial charge in [0.05, 0.1) is 17.4 Å². The van der Waals surface area contributed by atoms with Crippen LogP contribution < -0.4 is 15.1 Å². The van der Waals surface area contributed by atoms with Crippen molar-refractivity contribution < 1.29 is 9.59 Å². The SMILES string of the molecule is CCC(=O)N1c2ccccc2NC2=C(C(=O)C[C@H](c3ccc(N(CC)CC)cc3)C2)[C@@H]1c1ccccc1. The Labute approximate surface area is 219 Å². The molecule has 1 heterocycles. The van der Waals surface area contributed by atoms with Gasteiger partial charge < -0.3 is 10.2 Å². The molecule has 0 radical (unpaired) electrons. The molecule has 1 aliphatic heterocycles. The summed E-state index contributed by atoms with van der Waals surface area (Å²) in [6.07, 6.45) is 1.51. The Hall–Kier alpha value is -3.86. The molecular formula is C32H35N3O2. The molecule has 0 fully saturated rings. The first-order valence-corrected chi connectivity index (χ1v) is 13.4. The third-order valence-corrected chi connectivity index (χ3v) is 7.67. The van der Waals surface area contributed by atoms with Crippen molar-refractivity contribution in [1.82, 2.24) is 0 Å². The van der Waals surface area contributed by atoms with E-state index in [9.17, 15) is 9.59 Å². The molecule has 5 heteroatoms. The van der Waals surface area contributed by atoms with Gasteiger partial charge in [0.1, 0.15) is 0 Å². The van der Waals surface area contributed by atoms with Crippen molar-refractivity contribution in [2.75, 3.05) is 28.2 Å². The predicted molar refractivity (Wildman–Crippen MR) is 151 cm³/mol. The third kappa shape index (κ3) is 4.66. The fourth-order valence-corrected chi connectivity index (χ4v) is 5.77. The van der Waals surface area contributed by atoms with Crippen LogP contribution >= 0.6 is 0 Å². The molecule has 1 N–H and O–H groups in total. The van der Waals surface area contributed by atoms with E-state index in [-0.39, 0.29) is 17.6 Å². The molecule has 37 heavy (non-hydrogen) atoms. The summed E-state index contributed by atoms with van der Waals surface area (Å²) in [6, 6.07) is 26.1. The third-order valence-electron chi connectivity index (χ3n) is 7.67. The fourth-order valence-electron chi connectivity index (χ4n) is 5.77. The van der Waals surface area contributed by atoms with Gasteiger partial charge >= 0.3 is 0 Å². The zero-order valence-electron chi connectivity index (χ0n) is 21.9. The van der Waals surface area contributed by atoms with Crippen LogP contribution in [0.3, 0.4) is 0 Å². The molecule has 5 rings (SSSR count). The van der Waals surface area contributed by atoms with Gasteiger partial charge in [-0.05, 0) is 61.6 Å². The number of nitrogens with one attached hydrogen (secondary N) is 1. The van der Waals surface area contributed by atoms with Crippen LogP contribution in [-0.2, 0) is 9.59 Å². The van der Waals surface area contributed by atoms with Crippen LogP contribution in [0.5, 0.6) is 0 Å². The Bertz CT molecular complexity index is 1310. The summed E-state index contributed by atoms with van der Waals surface area (Å²) in [5.74, 6) is 0.183. The summed E-state index contributed by atoms with van der Waals surface area (Å²) in [4.78, 5) is 31.6. The molecule has 1 aliphatic carbocycles. The van der Waals surface area contributed by atoms with E-state index in [2.05, 4.69) is 48.3 Å². The second-order valence-corrected chi connectivity index (χ2v) is 9.76. The average molecular weight is 494 g/mol. The molecule has 1 amide bonds. The molecule has 0 saturated carbocycles. The van der Waals surface area contributed by atoms with E-state index in [0.717, 1.165) is 42.1 Å². The van der Waals surface area contributed by atoms with Gasteiger partial charge in [-0.2, -0.15) is 0 Å². The molecular weight excluding hydrogens is 458 g/mol. The number of amides is 1. The molecule has 0 spiro atoms. The lowest BCUT2D eigenvalue weighted by Crippen LogP contribution is -2.38. The van der Waals surface area contributed by atoms with Crippen molar-refractivity contribution >= 4 is 28.8 Å². The minimum absolute atomic E-state index is 0.00114. The minimum Gasteiger partial charge on any atom is -0.372 e. The Morgan fingerprint density at radius 1 is 0.865 bits per heavy atom. The van der Waals surface area contributed by atoms with Crippen LogP contribution in [0.2, 0.25) is 0 Å². The lowest BCUT2D eigenvalue weighted by molar-refractivity contribution is -0.119. The van der Waals surface area contributed by atoms with Crippen LogP contribution in [-0.4, -0.2) is 24.8 Å². The van der Waals surface area contributed by atoms with E-state index in [1.165, 1.54) is 11.3 Å². The van der Waals surface area contributed by atoms with Gasteiger partial charge in [0.2, 0.25) is 5.91 Å². The maximum absolute atomic E-state index is 14.0. The number of fused-ring (bicyclic) bond motifs is 1. The first-order valence-electron chi connectivity index (χ1n) is 13.4. The maximum atomic E-state index is 14.0. The predicted octanol–water partition coefficient (Wildman–Crippen LogP) is 6.84. The smallest absolute Gasteiger partial charge is 0.227 e. The number of carbonyl (C=O) groups is 2. The van der Waals surface area contributed by atoms with E-state index >= 15 is 0 Å². The van der Waals surface area contributed by atoms with E-state index in [1.807, 2.05) is 66.4 Å². The largest absolute Gasteiger partial charge is 0.372 e. The van der Waals surface area contributed by atoms with Crippen molar-refractivity contribution in [2.24, 2.45) is 0 Å². The summed E-state index contributed by atoms with van der Waals surface area (Å²) in [5.41, 5.74) is 6.63. The zero-order valence-corrected chi connectivity index (χ0v) is 21.9. The Kier molecular flexibility index (Phi) is 7.13. The van der Waals surface area contributed by atoms with Gasteiger partial charge in [-0.3, -0.25) is 14.5 Å². The second kappa shape index (κ2) is 10.6. The van der Waals surface area contributed by atoms with E-state index in [4.69, 9.17) is 0 Å². The Morgan fingerprint density at radius 2 is 1.54 bits per heavy atom. The number of hydrogen-bond acceptors (Lipinski definition) is 4. The highest BCUT2D eigenvalue weighted by Gasteiger charge is 2.41. The number of nitrogens with zero attached hydrogens (tertiary/aromatic N) is 2. The van der Waals surface area contributed by atoms with Crippen molar-refractivity contribution in [2.45, 2.75) is 52.0 Å². The van der Waals surface area contributed by atoms with E-state index < -0.39 is 6.04 Å². The maximum Gasteiger partial charge on any atom is 0.227 e. The second-order valence-electron chi connectivity index (χ2n) is 9.76. The first kappa shape index (κ1) is 24.8. The van der Waals surface area contributed by atoms with Crippen LogP contribution in [0.15, 0.2) is 90.1 Å². The summed E-state index contributed by atoms with van der Waals surface area (Å²) < 4.78 is 0. The molecule has 190 valence electrons. The number of hydrogen-bond donors (Lipinski definition) is 1. The first-order chi connectivity index (χ1) is 18.0. The topological polar surface area (TPSA) is 52.7 Å². The number of rotatable bonds is 6. The number of allylic oxidation sites excluding steroid dienone is 1. The van der Waals surface area contributed by atoms with Gasteiger partial charge in [0.15, 0.2) is 5.78 Å². The molecule has 2 atom stereocenters. The molecule has 0 unspecified atom stereocenters. The number of ketones is 1. The quantitative estimate of drug-likeness (QED) is 0.408. The number of benzene rings is 3. The van der Waals surface area contributed by atoms with E-state index in [1.54, 1.807) is 0 Å². The molecule has 3 aromatic rings. The van der Waals surface area contributed by atoms with Crippen molar-refractivity contribution in [3.8, 4) is 0 Å². The number of Topliss-reactive ketones (excluding diaryl/α,β-unsaturated/α-hetero) is 1. The number of anilines is 3. The number of carbonyl (C=O) groups excluding carboxylic acids is 2. The van der Waals surface area contributed by atoms with Gasteiger partial charge in [-0.1, -0.05) is 61.5 Å². The molecule has 5 nitrogen and oxygen atoms in total. The highest BCUT2D eigenvalue weighted by molar-refractivity contribution is 6.06. The van der Waals surface area contributed by atoms with Crippen LogP contribution in [0.1, 0.15) is 63.1 Å². The van der Waals surface area contributed by atoms with Gasteiger partial charge in [0.25, 0.3) is 0 Å². The van der Waals surface area contributed by atoms with Crippen molar-refractivity contribution in [3.63, 3.8) is 0 Å². The summed E-state index contributed by atoms with van der Waals surface area (Å²) in [7, 11) is 0. The van der Waals surface area contributed by atoms with Crippen molar-refractivity contribution in [1.29, 1.82) is 0 Å². The van der Waals surface area contributed by atoms with Gasteiger partial charge in [-0.25, -0.2) is 0 Å². The molecule has 3 aromatic carbocycles. The Morgan fingerprint density at radius 3 is 2.22 bits per heavy atom. The monoisotopic (exact) mass is 493 g/mol. The fraction of sp³-hybridized carbons (Fsp3) is 0.312. The zero-order chi connectivity index (χ0) is 25.9. The lowest BCUT2D eigenvalue weighted by atomic mass is 9.78. The Balaban J connectivity index is 1.60. The molecule has 0 aromatic heterocycles. The van der Waals surface area contributed by atoms with E-state index in [0.29, 0.717) is 18.4 Å². The lowest BCUT2D eigenvalue weighted by Gasteiger charge is -2.35. The molecule has 0 bridgehead atoms. The normalized spacial score (nSPS) is 19.0. The highest BCUT2D eigenvalue weighted by Crippen LogP contribution is 2.47. The van der Waals surface area contributed by atoms with Crippen molar-refractivity contribution in [3.05, 3.63) is 101 Å². The summed E-state index contributed by atoms with van der Waals surface area (Å²) in [5, 5.41) is 3.60. The average Bonchev–Trinajstić information content (AvgIpc) is 3.09. The standard InChI is InChI=1S/C32H35N3O2/c1-4-30(37)35-28-15-11-10-14-26(28)33-27-20-24(22-16-18-25(19-17-22)34(5-2)6-3)21-29(36)31(27)32(35)23-12-8-7-9-13-23/h7-19,24,32-33H,4-6,20-21H2,1-3H3/t24-,32+/m1/s1. The van der Waals surface area contributed by atoms with Gasteiger partial charge in [-0.15, -0.1) is 0 Å². The summed E-state index contributed by atoms with van der Waals surface area (Å²) in [6.45, 7) is 8.13. The molecule has 0 saturated heterocycles. The number of para-hydroxylation sites is 2. The van der Waals surface area contributed by atoms with Crippen LogP contribution in [0.4, 0.5) is 17.1 Å². The summed E-state index contributed by atoms with van der Waals surface area (Å²) >= 11 is 0. The minimum atomic E-state index is -0.460. The van der Waals surface area contributed by atoms with Gasteiger partial charge in [0, 0.05) is 42.9 Å².